The topological polar surface area (TPSA) is 86.8 Å². The molecule has 208 valence electrons. The van der Waals surface area contributed by atoms with Crippen LogP contribution in [0.1, 0.15) is 29.5 Å². The molecule has 0 aliphatic carbocycles. The Balaban J connectivity index is 1.86. The first-order valence-electron chi connectivity index (χ1n) is 12.5. The van der Waals surface area contributed by atoms with Crippen LogP contribution in [0.3, 0.4) is 0 Å². The van der Waals surface area contributed by atoms with E-state index in [9.17, 15) is 18.0 Å². The molecule has 0 saturated heterocycles. The van der Waals surface area contributed by atoms with Crippen molar-refractivity contribution in [1.29, 1.82) is 0 Å². The molecule has 0 saturated carbocycles. The molecule has 7 nitrogen and oxygen atoms in total. The molecular weight excluding hydrogens is 557 g/mol. The third-order valence-electron chi connectivity index (χ3n) is 6.33. The standard InChI is InChI=1S/C29H33Cl2N3O4S/c1-21-11-14-24(15-12-21)34(39(3,37)38)17-7-10-28(35)33(20-23-13-16-25(30)26(31)18-23)27(29(36)32-2)19-22-8-5-4-6-9-22/h4-6,8-9,11-16,18,27H,7,10,17,19-20H2,1-3H3,(H,32,36)/t27-/m0/s1. The van der Waals surface area contributed by atoms with Crippen LogP contribution in [0.5, 0.6) is 0 Å². The van der Waals surface area contributed by atoms with Gasteiger partial charge in [0.05, 0.1) is 22.0 Å². The summed E-state index contributed by atoms with van der Waals surface area (Å²) in [6.45, 7) is 2.18. The number of nitrogens with zero attached hydrogens (tertiary/aromatic N) is 2. The van der Waals surface area contributed by atoms with Gasteiger partial charge in [-0.3, -0.25) is 13.9 Å². The summed E-state index contributed by atoms with van der Waals surface area (Å²) in [7, 11) is -2.03. The summed E-state index contributed by atoms with van der Waals surface area (Å²) in [5, 5.41) is 3.42. The van der Waals surface area contributed by atoms with Gasteiger partial charge < -0.3 is 10.2 Å². The van der Waals surface area contributed by atoms with E-state index < -0.39 is 16.1 Å². The van der Waals surface area contributed by atoms with Gasteiger partial charge >= 0.3 is 0 Å². The molecule has 3 aromatic rings. The first-order chi connectivity index (χ1) is 18.5. The molecule has 0 aliphatic rings. The Bertz CT molecular complexity index is 1380. The number of nitrogens with one attached hydrogen (secondary N) is 1. The van der Waals surface area contributed by atoms with E-state index in [0.29, 0.717) is 22.2 Å². The van der Waals surface area contributed by atoms with Crippen LogP contribution in [0.25, 0.3) is 0 Å². The van der Waals surface area contributed by atoms with Crippen molar-refractivity contribution in [2.75, 3.05) is 24.2 Å². The van der Waals surface area contributed by atoms with E-state index in [2.05, 4.69) is 5.32 Å². The number of halogens is 2. The number of carbonyl (C=O) groups excluding carboxylic acids is 2. The van der Waals surface area contributed by atoms with Crippen molar-refractivity contribution in [3.63, 3.8) is 0 Å². The van der Waals surface area contributed by atoms with Gasteiger partial charge in [-0.05, 0) is 48.7 Å². The number of anilines is 1. The van der Waals surface area contributed by atoms with Gasteiger partial charge in [0.1, 0.15) is 6.04 Å². The highest BCUT2D eigenvalue weighted by Crippen LogP contribution is 2.25. The second kappa shape index (κ2) is 13.8. The summed E-state index contributed by atoms with van der Waals surface area (Å²) < 4.78 is 26.3. The molecule has 0 unspecified atom stereocenters. The highest BCUT2D eigenvalue weighted by Gasteiger charge is 2.30. The maximum Gasteiger partial charge on any atom is 0.242 e. The Kier molecular flexibility index (Phi) is 10.8. The van der Waals surface area contributed by atoms with Crippen LogP contribution in [0.15, 0.2) is 72.8 Å². The highest BCUT2D eigenvalue weighted by atomic mass is 35.5. The molecule has 0 aromatic heterocycles. The maximum atomic E-state index is 13.7. The summed E-state index contributed by atoms with van der Waals surface area (Å²) in [6, 6.07) is 20.9. The second-order valence-electron chi connectivity index (χ2n) is 9.36. The monoisotopic (exact) mass is 589 g/mol. The van der Waals surface area contributed by atoms with Gasteiger partial charge in [-0.25, -0.2) is 8.42 Å². The Hall–Kier alpha value is -3.07. The number of likely N-dealkylation sites (N-methyl/N-ethyl adjacent to an activating group) is 1. The van der Waals surface area contributed by atoms with E-state index in [1.54, 1.807) is 30.3 Å². The average Bonchev–Trinajstić information content (AvgIpc) is 2.90. The minimum absolute atomic E-state index is 0.0431. The quantitative estimate of drug-likeness (QED) is 0.313. The summed E-state index contributed by atoms with van der Waals surface area (Å²) in [5.74, 6) is -0.576. The summed E-state index contributed by atoms with van der Waals surface area (Å²) >= 11 is 12.3. The van der Waals surface area contributed by atoms with E-state index in [0.717, 1.165) is 22.9 Å². The van der Waals surface area contributed by atoms with Crippen molar-refractivity contribution < 1.29 is 18.0 Å². The fraction of sp³-hybridized carbons (Fsp3) is 0.310. The number of carbonyl (C=O) groups is 2. The van der Waals surface area contributed by atoms with Gasteiger partial charge in [-0.2, -0.15) is 0 Å². The molecule has 0 spiro atoms. The molecule has 0 bridgehead atoms. The van der Waals surface area contributed by atoms with Crippen LogP contribution in [-0.4, -0.2) is 51.0 Å². The number of rotatable bonds is 12. The summed E-state index contributed by atoms with van der Waals surface area (Å²) in [5.41, 5.74) is 3.17. The third-order valence-corrected chi connectivity index (χ3v) is 8.26. The molecule has 0 fully saturated rings. The number of hydrogen-bond acceptors (Lipinski definition) is 4. The molecule has 0 heterocycles. The van der Waals surface area contributed by atoms with E-state index >= 15 is 0 Å². The number of hydrogen-bond donors (Lipinski definition) is 1. The Morgan fingerprint density at radius 2 is 1.59 bits per heavy atom. The number of aryl methyl sites for hydroxylation is 1. The first kappa shape index (κ1) is 30.5. The van der Waals surface area contributed by atoms with Gasteiger partial charge in [-0.1, -0.05) is 77.3 Å². The largest absolute Gasteiger partial charge is 0.357 e. The predicted octanol–water partition coefficient (Wildman–Crippen LogP) is 5.23. The van der Waals surface area contributed by atoms with Gasteiger partial charge in [0.25, 0.3) is 0 Å². The van der Waals surface area contributed by atoms with Crippen molar-refractivity contribution >= 4 is 50.7 Å². The van der Waals surface area contributed by atoms with Gasteiger partial charge in [0.2, 0.25) is 21.8 Å². The van der Waals surface area contributed by atoms with Crippen LogP contribution < -0.4 is 9.62 Å². The first-order valence-corrected chi connectivity index (χ1v) is 15.1. The second-order valence-corrected chi connectivity index (χ2v) is 12.1. The molecule has 0 aliphatic heterocycles. The van der Waals surface area contributed by atoms with Crippen molar-refractivity contribution in [2.24, 2.45) is 0 Å². The lowest BCUT2D eigenvalue weighted by Crippen LogP contribution is -2.49. The minimum Gasteiger partial charge on any atom is -0.357 e. The molecule has 39 heavy (non-hydrogen) atoms. The van der Waals surface area contributed by atoms with Crippen LogP contribution in [-0.2, 0) is 32.6 Å². The van der Waals surface area contributed by atoms with Crippen LogP contribution in [0, 0.1) is 6.92 Å². The van der Waals surface area contributed by atoms with E-state index in [-0.39, 0.29) is 37.7 Å². The van der Waals surface area contributed by atoms with E-state index in [1.165, 1.54) is 16.3 Å². The zero-order chi connectivity index (χ0) is 28.6. The molecule has 2 amide bonds. The van der Waals surface area contributed by atoms with Gasteiger partial charge in [0, 0.05) is 33.0 Å². The van der Waals surface area contributed by atoms with Crippen LogP contribution >= 0.6 is 23.2 Å². The third kappa shape index (κ3) is 8.71. The smallest absolute Gasteiger partial charge is 0.242 e. The van der Waals surface area contributed by atoms with Crippen molar-refractivity contribution in [1.82, 2.24) is 10.2 Å². The molecule has 3 aromatic carbocycles. The average molecular weight is 591 g/mol. The van der Waals surface area contributed by atoms with Gasteiger partial charge in [-0.15, -0.1) is 0 Å². The molecule has 1 atom stereocenters. The Morgan fingerprint density at radius 3 is 2.18 bits per heavy atom. The van der Waals surface area contributed by atoms with Crippen LogP contribution in [0.2, 0.25) is 10.0 Å². The highest BCUT2D eigenvalue weighted by molar-refractivity contribution is 7.92. The fourth-order valence-corrected chi connectivity index (χ4v) is 5.56. The summed E-state index contributed by atoms with van der Waals surface area (Å²) in [6.07, 6.45) is 1.77. The van der Waals surface area contributed by atoms with Crippen molar-refractivity contribution in [3.8, 4) is 0 Å². The molecule has 0 radical (unpaired) electrons. The molecular formula is C29H33Cl2N3O4S. The SMILES string of the molecule is CNC(=O)[C@H](Cc1ccccc1)N(Cc1ccc(Cl)c(Cl)c1)C(=O)CCCN(c1ccc(C)cc1)S(C)(=O)=O. The van der Waals surface area contributed by atoms with Gasteiger partial charge in [0.15, 0.2) is 0 Å². The van der Waals surface area contributed by atoms with E-state index in [1.807, 2.05) is 49.4 Å². The number of sulfonamides is 1. The molecule has 1 N–H and O–H groups in total. The predicted molar refractivity (Wildman–Crippen MR) is 158 cm³/mol. The summed E-state index contributed by atoms with van der Waals surface area (Å²) in [4.78, 5) is 28.3. The number of benzene rings is 3. The maximum absolute atomic E-state index is 13.7. The Morgan fingerprint density at radius 1 is 0.923 bits per heavy atom. The Labute approximate surface area is 240 Å². The lowest BCUT2D eigenvalue weighted by molar-refractivity contribution is -0.141. The fourth-order valence-electron chi connectivity index (χ4n) is 4.27. The molecule has 10 heteroatoms. The lowest BCUT2D eigenvalue weighted by atomic mass is 10.0. The van der Waals surface area contributed by atoms with Crippen LogP contribution in [0.4, 0.5) is 5.69 Å². The number of amides is 2. The van der Waals surface area contributed by atoms with E-state index in [4.69, 9.17) is 23.2 Å². The minimum atomic E-state index is -3.56. The zero-order valence-corrected chi connectivity index (χ0v) is 24.6. The molecule has 3 rings (SSSR count). The normalized spacial score (nSPS) is 12.0. The zero-order valence-electron chi connectivity index (χ0n) is 22.2. The lowest BCUT2D eigenvalue weighted by Gasteiger charge is -2.31. The van der Waals surface area contributed by atoms with Crippen molar-refractivity contribution in [2.45, 2.75) is 38.8 Å². The van der Waals surface area contributed by atoms with Crippen molar-refractivity contribution in [3.05, 3.63) is 99.5 Å².